The molecule has 6 nitrogen and oxygen atoms in total. The van der Waals surface area contributed by atoms with Crippen LogP contribution in [0.3, 0.4) is 0 Å². The molecule has 3 heterocycles. The molecule has 0 fully saturated rings. The first-order valence-electron chi connectivity index (χ1n) is 5.25. The molecule has 1 N–H and O–H groups in total. The smallest absolute Gasteiger partial charge is 0.274 e. The summed E-state index contributed by atoms with van der Waals surface area (Å²) in [6.07, 6.45) is 3.15. The molecule has 0 amide bonds. The lowest BCUT2D eigenvalue weighted by atomic mass is 10.3. The van der Waals surface area contributed by atoms with Crippen molar-refractivity contribution in [3.63, 3.8) is 0 Å². The first-order chi connectivity index (χ1) is 8.78. The molecule has 0 bridgehead atoms. The molecule has 18 heavy (non-hydrogen) atoms. The number of nitriles is 1. The van der Waals surface area contributed by atoms with Crippen LogP contribution >= 0.6 is 0 Å². The number of hydrogen-bond donors (Lipinski definition) is 1. The normalized spacial score (nSPS) is 10.4. The lowest BCUT2D eigenvalue weighted by Crippen LogP contribution is -1.80. The van der Waals surface area contributed by atoms with Gasteiger partial charge in [0.15, 0.2) is 5.76 Å². The maximum atomic E-state index is 8.74. The zero-order valence-corrected chi connectivity index (χ0v) is 9.47. The van der Waals surface area contributed by atoms with E-state index in [2.05, 4.69) is 15.1 Å². The van der Waals surface area contributed by atoms with Gasteiger partial charge in [0.05, 0.1) is 11.8 Å². The van der Waals surface area contributed by atoms with Crippen molar-refractivity contribution in [2.24, 2.45) is 0 Å². The Morgan fingerprint density at radius 1 is 1.44 bits per heavy atom. The van der Waals surface area contributed by atoms with Gasteiger partial charge in [0.2, 0.25) is 5.82 Å². The first kappa shape index (κ1) is 10.4. The highest BCUT2D eigenvalue weighted by Crippen LogP contribution is 2.24. The van der Waals surface area contributed by atoms with Crippen LogP contribution in [-0.2, 0) is 0 Å². The van der Waals surface area contributed by atoms with E-state index in [9.17, 15) is 0 Å². The third kappa shape index (κ3) is 1.58. The summed E-state index contributed by atoms with van der Waals surface area (Å²) >= 11 is 0. The van der Waals surface area contributed by atoms with E-state index in [0.717, 1.165) is 5.56 Å². The Morgan fingerprint density at radius 2 is 2.33 bits per heavy atom. The van der Waals surface area contributed by atoms with Crippen molar-refractivity contribution < 1.29 is 8.94 Å². The Balaban J connectivity index is 1.99. The van der Waals surface area contributed by atoms with Crippen molar-refractivity contribution in [1.29, 1.82) is 5.26 Å². The Hall–Kier alpha value is -2.81. The summed E-state index contributed by atoms with van der Waals surface area (Å²) in [5.74, 6) is 1.29. The monoisotopic (exact) mass is 240 g/mol. The van der Waals surface area contributed by atoms with E-state index in [0.29, 0.717) is 28.7 Å². The van der Waals surface area contributed by atoms with E-state index in [1.807, 2.05) is 19.1 Å². The van der Waals surface area contributed by atoms with Gasteiger partial charge < -0.3 is 13.9 Å². The third-order valence-corrected chi connectivity index (χ3v) is 2.53. The van der Waals surface area contributed by atoms with Gasteiger partial charge in [-0.1, -0.05) is 5.16 Å². The summed E-state index contributed by atoms with van der Waals surface area (Å²) in [6.45, 7) is 1.90. The quantitative estimate of drug-likeness (QED) is 0.742. The highest BCUT2D eigenvalue weighted by atomic mass is 16.5. The number of nitrogens with one attached hydrogen (secondary N) is 1. The SMILES string of the molecule is Cc1ccoc1-c1noc(-c2cc(C#N)c[nH]2)n1. The second-order valence-corrected chi connectivity index (χ2v) is 3.77. The summed E-state index contributed by atoms with van der Waals surface area (Å²) in [5, 5.41) is 12.6. The summed E-state index contributed by atoms with van der Waals surface area (Å²) in [4.78, 5) is 7.12. The molecule has 3 aromatic heterocycles. The highest BCUT2D eigenvalue weighted by molar-refractivity contribution is 5.57. The minimum atomic E-state index is 0.322. The number of rotatable bonds is 2. The van der Waals surface area contributed by atoms with E-state index in [4.69, 9.17) is 14.2 Å². The summed E-state index contributed by atoms with van der Waals surface area (Å²) in [7, 11) is 0. The largest absolute Gasteiger partial charge is 0.461 e. The molecule has 0 aromatic carbocycles. The van der Waals surface area contributed by atoms with Gasteiger partial charge in [0.25, 0.3) is 5.89 Å². The molecule has 3 aromatic rings. The molecule has 0 saturated carbocycles. The minimum Gasteiger partial charge on any atom is -0.461 e. The zero-order chi connectivity index (χ0) is 12.5. The molecule has 0 unspecified atom stereocenters. The van der Waals surface area contributed by atoms with Gasteiger partial charge in [0, 0.05) is 6.20 Å². The topological polar surface area (TPSA) is 91.6 Å². The Morgan fingerprint density at radius 3 is 3.00 bits per heavy atom. The number of aromatic amines is 1. The number of nitrogens with zero attached hydrogens (tertiary/aromatic N) is 3. The van der Waals surface area contributed by atoms with Crippen LogP contribution in [-0.4, -0.2) is 15.1 Å². The Bertz CT molecular complexity index is 729. The Kier molecular flexibility index (Phi) is 2.24. The van der Waals surface area contributed by atoms with Gasteiger partial charge >= 0.3 is 0 Å². The van der Waals surface area contributed by atoms with E-state index in [-0.39, 0.29) is 0 Å². The number of aryl methyl sites for hydroxylation is 1. The van der Waals surface area contributed by atoms with Gasteiger partial charge in [-0.2, -0.15) is 10.2 Å². The van der Waals surface area contributed by atoms with Gasteiger partial charge in [-0.3, -0.25) is 0 Å². The van der Waals surface area contributed by atoms with Crippen LogP contribution in [0.4, 0.5) is 0 Å². The fourth-order valence-corrected chi connectivity index (χ4v) is 1.61. The van der Waals surface area contributed by atoms with Gasteiger partial charge in [-0.05, 0) is 24.6 Å². The van der Waals surface area contributed by atoms with Crippen LogP contribution in [0.2, 0.25) is 0 Å². The van der Waals surface area contributed by atoms with Crippen molar-refractivity contribution in [2.75, 3.05) is 0 Å². The first-order valence-corrected chi connectivity index (χ1v) is 5.25. The van der Waals surface area contributed by atoms with E-state index in [1.165, 1.54) is 0 Å². The van der Waals surface area contributed by atoms with E-state index >= 15 is 0 Å². The predicted octanol–water partition coefficient (Wildman–Crippen LogP) is 2.50. The molecule has 88 valence electrons. The molecule has 0 aliphatic carbocycles. The highest BCUT2D eigenvalue weighted by Gasteiger charge is 2.15. The van der Waals surface area contributed by atoms with Crippen LogP contribution in [0.1, 0.15) is 11.1 Å². The van der Waals surface area contributed by atoms with Crippen molar-refractivity contribution in [3.05, 3.63) is 35.7 Å². The summed E-state index contributed by atoms with van der Waals surface area (Å²) < 4.78 is 10.4. The molecule has 6 heteroatoms. The van der Waals surface area contributed by atoms with Crippen LogP contribution in [0.15, 0.2) is 33.5 Å². The average Bonchev–Trinajstić information content (AvgIpc) is 3.07. The molecule has 0 aliphatic heterocycles. The molecule has 0 radical (unpaired) electrons. The van der Waals surface area contributed by atoms with Gasteiger partial charge in [0.1, 0.15) is 11.8 Å². The fraction of sp³-hybridized carbons (Fsp3) is 0.0833. The average molecular weight is 240 g/mol. The van der Waals surface area contributed by atoms with Crippen molar-refractivity contribution in [1.82, 2.24) is 15.1 Å². The number of hydrogen-bond acceptors (Lipinski definition) is 5. The second-order valence-electron chi connectivity index (χ2n) is 3.77. The van der Waals surface area contributed by atoms with Gasteiger partial charge in [-0.15, -0.1) is 0 Å². The fourth-order valence-electron chi connectivity index (χ4n) is 1.61. The third-order valence-electron chi connectivity index (χ3n) is 2.53. The molecular weight excluding hydrogens is 232 g/mol. The molecule has 0 aliphatic rings. The van der Waals surface area contributed by atoms with Crippen LogP contribution in [0, 0.1) is 18.3 Å². The van der Waals surface area contributed by atoms with Crippen LogP contribution in [0.5, 0.6) is 0 Å². The minimum absolute atomic E-state index is 0.322. The second kappa shape index (κ2) is 3.89. The molecular formula is C12H8N4O2. The lowest BCUT2D eigenvalue weighted by molar-refractivity contribution is 0.428. The predicted molar refractivity (Wildman–Crippen MR) is 61.2 cm³/mol. The summed E-state index contributed by atoms with van der Waals surface area (Å²) in [5.41, 5.74) is 2.06. The van der Waals surface area contributed by atoms with Crippen molar-refractivity contribution in [3.8, 4) is 29.2 Å². The van der Waals surface area contributed by atoms with Crippen molar-refractivity contribution >= 4 is 0 Å². The molecule has 3 rings (SSSR count). The lowest BCUT2D eigenvalue weighted by Gasteiger charge is -1.87. The Labute approximate surface area is 102 Å². The van der Waals surface area contributed by atoms with Crippen LogP contribution < -0.4 is 0 Å². The van der Waals surface area contributed by atoms with Crippen molar-refractivity contribution in [2.45, 2.75) is 6.92 Å². The maximum Gasteiger partial charge on any atom is 0.274 e. The summed E-state index contributed by atoms with van der Waals surface area (Å²) in [6, 6.07) is 5.49. The van der Waals surface area contributed by atoms with Crippen LogP contribution in [0.25, 0.3) is 23.2 Å². The number of furan rings is 1. The van der Waals surface area contributed by atoms with E-state index < -0.39 is 0 Å². The molecule has 0 saturated heterocycles. The standard InChI is InChI=1S/C12H8N4O2/c1-7-2-3-17-10(7)11-15-12(18-16-11)9-4-8(5-13)6-14-9/h2-4,6,14H,1H3. The number of H-pyrrole nitrogens is 1. The van der Waals surface area contributed by atoms with E-state index in [1.54, 1.807) is 18.5 Å². The number of aromatic nitrogens is 3. The molecule has 0 atom stereocenters. The maximum absolute atomic E-state index is 8.74. The zero-order valence-electron chi connectivity index (χ0n) is 9.47. The molecule has 0 spiro atoms. The van der Waals surface area contributed by atoms with Gasteiger partial charge in [-0.25, -0.2) is 0 Å².